The smallest absolute Gasteiger partial charge is 0.127 e. The highest BCUT2D eigenvalue weighted by atomic mass is 35.5. The van der Waals surface area contributed by atoms with E-state index >= 15 is 0 Å². The number of benzene rings is 1. The molecule has 0 aliphatic carbocycles. The van der Waals surface area contributed by atoms with Crippen LogP contribution in [-0.4, -0.2) is 18.3 Å². The lowest BCUT2D eigenvalue weighted by Gasteiger charge is -2.09. The second kappa shape index (κ2) is 5.19. The number of methoxy groups -OCH3 is 1. The molecule has 0 fully saturated rings. The molecule has 1 unspecified atom stereocenters. The van der Waals surface area contributed by atoms with Gasteiger partial charge in [0.2, 0.25) is 0 Å². The first-order valence-corrected chi connectivity index (χ1v) is 5.12. The summed E-state index contributed by atoms with van der Waals surface area (Å²) in [5, 5.41) is 10.0. The van der Waals surface area contributed by atoms with Crippen molar-refractivity contribution in [2.45, 2.75) is 20.0 Å². The van der Waals surface area contributed by atoms with Crippen molar-refractivity contribution in [3.8, 4) is 5.75 Å². The molecular formula is C12H15ClO2. The Morgan fingerprint density at radius 3 is 2.73 bits per heavy atom. The van der Waals surface area contributed by atoms with Gasteiger partial charge < -0.3 is 9.84 Å². The summed E-state index contributed by atoms with van der Waals surface area (Å²) in [4.78, 5) is 0. The van der Waals surface area contributed by atoms with Gasteiger partial charge in [0.15, 0.2) is 0 Å². The van der Waals surface area contributed by atoms with Crippen LogP contribution in [0.15, 0.2) is 23.8 Å². The molecule has 1 N–H and O–H groups in total. The van der Waals surface area contributed by atoms with Crippen molar-refractivity contribution in [1.29, 1.82) is 0 Å². The van der Waals surface area contributed by atoms with Gasteiger partial charge in [-0.05, 0) is 37.6 Å². The van der Waals surface area contributed by atoms with E-state index in [0.29, 0.717) is 10.8 Å². The lowest BCUT2D eigenvalue weighted by atomic mass is 10.1. The molecule has 0 aromatic heterocycles. The van der Waals surface area contributed by atoms with Gasteiger partial charge in [0, 0.05) is 5.56 Å². The van der Waals surface area contributed by atoms with E-state index in [1.165, 1.54) is 0 Å². The zero-order valence-corrected chi connectivity index (χ0v) is 9.88. The van der Waals surface area contributed by atoms with Gasteiger partial charge in [0.25, 0.3) is 0 Å². The van der Waals surface area contributed by atoms with E-state index in [9.17, 15) is 5.11 Å². The highest BCUT2D eigenvalue weighted by Crippen LogP contribution is 2.28. The van der Waals surface area contributed by atoms with Gasteiger partial charge in [-0.2, -0.15) is 0 Å². The Morgan fingerprint density at radius 1 is 1.53 bits per heavy atom. The zero-order chi connectivity index (χ0) is 11.4. The van der Waals surface area contributed by atoms with Crippen molar-refractivity contribution in [2.75, 3.05) is 7.11 Å². The maximum atomic E-state index is 9.38. The maximum Gasteiger partial charge on any atom is 0.127 e. The maximum absolute atomic E-state index is 9.38. The first-order chi connectivity index (χ1) is 7.06. The molecule has 1 aromatic rings. The molecule has 0 amide bonds. The van der Waals surface area contributed by atoms with E-state index in [4.69, 9.17) is 16.3 Å². The van der Waals surface area contributed by atoms with Crippen molar-refractivity contribution in [3.05, 3.63) is 34.4 Å². The fourth-order valence-corrected chi connectivity index (χ4v) is 1.40. The number of hydrogen-bond acceptors (Lipinski definition) is 2. The summed E-state index contributed by atoms with van der Waals surface area (Å²) in [7, 11) is 1.60. The number of rotatable bonds is 3. The first kappa shape index (κ1) is 12.1. The SMILES string of the molecule is COc1cccc(Cl)c1/C=C(/C)C(C)O. The molecule has 1 aromatic carbocycles. The molecule has 0 aliphatic rings. The Morgan fingerprint density at radius 2 is 2.20 bits per heavy atom. The summed E-state index contributed by atoms with van der Waals surface area (Å²) in [6.45, 7) is 3.57. The first-order valence-electron chi connectivity index (χ1n) is 4.75. The standard InChI is InChI=1S/C12H15ClO2/c1-8(9(2)14)7-10-11(13)5-4-6-12(10)15-3/h4-7,9,14H,1-3H3/b8-7-. The van der Waals surface area contributed by atoms with Crippen LogP contribution in [0.5, 0.6) is 5.75 Å². The monoisotopic (exact) mass is 226 g/mol. The molecule has 0 radical (unpaired) electrons. The second-order valence-corrected chi connectivity index (χ2v) is 3.83. The van der Waals surface area contributed by atoms with E-state index in [0.717, 1.165) is 11.1 Å². The van der Waals surface area contributed by atoms with E-state index in [2.05, 4.69) is 0 Å². The minimum Gasteiger partial charge on any atom is -0.496 e. The number of aliphatic hydroxyl groups is 1. The van der Waals surface area contributed by atoms with Gasteiger partial charge in [-0.25, -0.2) is 0 Å². The summed E-state index contributed by atoms with van der Waals surface area (Å²) in [6, 6.07) is 5.47. The Labute approximate surface area is 95.1 Å². The lowest BCUT2D eigenvalue weighted by Crippen LogP contribution is -2.00. The van der Waals surface area contributed by atoms with Crippen LogP contribution in [0.4, 0.5) is 0 Å². The highest BCUT2D eigenvalue weighted by molar-refractivity contribution is 6.32. The van der Waals surface area contributed by atoms with Gasteiger partial charge in [0.05, 0.1) is 18.2 Å². The van der Waals surface area contributed by atoms with Crippen LogP contribution in [0.25, 0.3) is 6.08 Å². The summed E-state index contributed by atoms with van der Waals surface area (Å²) < 4.78 is 5.20. The van der Waals surface area contributed by atoms with Crippen molar-refractivity contribution in [1.82, 2.24) is 0 Å². The molecule has 82 valence electrons. The number of hydrogen-bond donors (Lipinski definition) is 1. The molecule has 0 bridgehead atoms. The third kappa shape index (κ3) is 2.98. The summed E-state index contributed by atoms with van der Waals surface area (Å²) >= 11 is 6.05. The van der Waals surface area contributed by atoms with Gasteiger partial charge >= 0.3 is 0 Å². The van der Waals surface area contributed by atoms with Crippen molar-refractivity contribution in [3.63, 3.8) is 0 Å². The minimum absolute atomic E-state index is 0.481. The highest BCUT2D eigenvalue weighted by Gasteiger charge is 2.06. The van der Waals surface area contributed by atoms with Crippen LogP contribution < -0.4 is 4.74 Å². The van der Waals surface area contributed by atoms with Crippen LogP contribution in [-0.2, 0) is 0 Å². The average molecular weight is 227 g/mol. The molecule has 0 spiro atoms. The third-order valence-corrected chi connectivity index (χ3v) is 2.59. The predicted octanol–water partition coefficient (Wildman–Crippen LogP) is 3.13. The molecule has 0 saturated carbocycles. The number of ether oxygens (including phenoxy) is 1. The molecule has 0 aliphatic heterocycles. The quantitative estimate of drug-likeness (QED) is 0.858. The molecule has 15 heavy (non-hydrogen) atoms. The van der Waals surface area contributed by atoms with Gasteiger partial charge in [-0.15, -0.1) is 0 Å². The van der Waals surface area contributed by atoms with Gasteiger partial charge in [0.1, 0.15) is 5.75 Å². The lowest BCUT2D eigenvalue weighted by molar-refractivity contribution is 0.232. The Balaban J connectivity index is 3.18. The van der Waals surface area contributed by atoms with Crippen molar-refractivity contribution in [2.24, 2.45) is 0 Å². The van der Waals surface area contributed by atoms with Gasteiger partial charge in [-0.3, -0.25) is 0 Å². The van der Waals surface area contributed by atoms with E-state index in [1.54, 1.807) is 20.1 Å². The summed E-state index contributed by atoms with van der Waals surface area (Å²) in [5.41, 5.74) is 1.65. The molecular weight excluding hydrogens is 212 g/mol. The van der Waals surface area contributed by atoms with Crippen LogP contribution in [0, 0.1) is 0 Å². The fourth-order valence-electron chi connectivity index (χ4n) is 1.18. The largest absolute Gasteiger partial charge is 0.496 e. The third-order valence-electron chi connectivity index (χ3n) is 2.26. The second-order valence-electron chi connectivity index (χ2n) is 3.42. The molecule has 1 atom stereocenters. The minimum atomic E-state index is -0.481. The molecule has 0 heterocycles. The molecule has 0 saturated heterocycles. The Kier molecular flexibility index (Phi) is 4.18. The Hall–Kier alpha value is -0.990. The molecule has 2 nitrogen and oxygen atoms in total. The van der Waals surface area contributed by atoms with Crippen molar-refractivity contribution < 1.29 is 9.84 Å². The van der Waals surface area contributed by atoms with Gasteiger partial charge in [-0.1, -0.05) is 17.7 Å². The van der Waals surface area contributed by atoms with Crippen LogP contribution >= 0.6 is 11.6 Å². The molecule has 1 rings (SSSR count). The van der Waals surface area contributed by atoms with Crippen LogP contribution in [0.2, 0.25) is 5.02 Å². The summed E-state index contributed by atoms with van der Waals surface area (Å²) in [6.07, 6.45) is 1.36. The predicted molar refractivity (Wildman–Crippen MR) is 63.3 cm³/mol. The number of aliphatic hydroxyl groups excluding tert-OH is 1. The van der Waals surface area contributed by atoms with Crippen LogP contribution in [0.3, 0.4) is 0 Å². The van der Waals surface area contributed by atoms with E-state index < -0.39 is 6.10 Å². The van der Waals surface area contributed by atoms with E-state index in [-0.39, 0.29) is 0 Å². The topological polar surface area (TPSA) is 29.5 Å². The molecule has 3 heteroatoms. The number of halogens is 1. The normalized spacial score (nSPS) is 13.8. The average Bonchev–Trinajstić information content (AvgIpc) is 2.20. The zero-order valence-electron chi connectivity index (χ0n) is 9.12. The van der Waals surface area contributed by atoms with Crippen LogP contribution in [0.1, 0.15) is 19.4 Å². The van der Waals surface area contributed by atoms with E-state index in [1.807, 2.05) is 25.1 Å². The van der Waals surface area contributed by atoms with Crippen molar-refractivity contribution >= 4 is 17.7 Å². The fraction of sp³-hybridized carbons (Fsp3) is 0.333. The summed E-state index contributed by atoms with van der Waals surface area (Å²) in [5.74, 6) is 0.711. The Bertz CT molecular complexity index is 370.